The Morgan fingerprint density at radius 2 is 2.17 bits per heavy atom. The number of aliphatic hydroxyl groups is 1. The van der Waals surface area contributed by atoms with Gasteiger partial charge < -0.3 is 9.63 Å². The van der Waals surface area contributed by atoms with Crippen LogP contribution in [-0.2, 0) is 13.0 Å². The Morgan fingerprint density at radius 3 is 2.58 bits per heavy atom. The molecule has 3 heteroatoms. The first kappa shape index (κ1) is 9.26. The third-order valence-electron chi connectivity index (χ3n) is 1.48. The van der Waals surface area contributed by atoms with Crippen molar-refractivity contribution in [3.63, 3.8) is 0 Å². The van der Waals surface area contributed by atoms with Gasteiger partial charge in [-0.05, 0) is 11.8 Å². The third kappa shape index (κ3) is 2.66. The number of aliphatic hydroxyl groups excluding tert-OH is 1. The average molecular weight is 169 g/mol. The molecule has 12 heavy (non-hydrogen) atoms. The van der Waals surface area contributed by atoms with E-state index in [2.05, 4.69) is 25.9 Å². The number of hydrogen-bond acceptors (Lipinski definition) is 3. The predicted molar refractivity (Wildman–Crippen MR) is 45.6 cm³/mol. The lowest BCUT2D eigenvalue weighted by Gasteiger charge is -2.14. The molecular formula is C9H15NO2. The lowest BCUT2D eigenvalue weighted by molar-refractivity contribution is 0.228. The molecule has 0 saturated heterocycles. The van der Waals surface area contributed by atoms with Crippen LogP contribution in [0.4, 0.5) is 0 Å². The maximum Gasteiger partial charge on any atom is 0.162 e. The summed E-state index contributed by atoms with van der Waals surface area (Å²) in [5.41, 5.74) is 1.12. The van der Waals surface area contributed by atoms with E-state index in [4.69, 9.17) is 9.63 Å². The van der Waals surface area contributed by atoms with Gasteiger partial charge in [-0.15, -0.1) is 0 Å². The van der Waals surface area contributed by atoms with Crippen LogP contribution in [0.1, 0.15) is 32.2 Å². The second kappa shape index (κ2) is 3.27. The molecule has 0 saturated carbocycles. The first-order valence-corrected chi connectivity index (χ1v) is 4.06. The van der Waals surface area contributed by atoms with Crippen LogP contribution in [0.25, 0.3) is 0 Å². The number of aromatic nitrogens is 1. The summed E-state index contributed by atoms with van der Waals surface area (Å²) in [6.45, 7) is 6.35. The van der Waals surface area contributed by atoms with E-state index >= 15 is 0 Å². The number of rotatable bonds is 2. The highest BCUT2D eigenvalue weighted by Crippen LogP contribution is 2.20. The second-order valence-electron chi connectivity index (χ2n) is 4.18. The van der Waals surface area contributed by atoms with E-state index in [9.17, 15) is 0 Å². The van der Waals surface area contributed by atoms with Gasteiger partial charge in [0, 0.05) is 6.07 Å². The molecule has 0 spiro atoms. The lowest BCUT2D eigenvalue weighted by atomic mass is 9.91. The fraction of sp³-hybridized carbons (Fsp3) is 0.667. The van der Waals surface area contributed by atoms with Crippen LogP contribution < -0.4 is 0 Å². The first-order valence-electron chi connectivity index (χ1n) is 4.06. The summed E-state index contributed by atoms with van der Waals surface area (Å²) in [5.74, 6) is 0.536. The van der Waals surface area contributed by atoms with Gasteiger partial charge in [0.05, 0.1) is 5.69 Å². The van der Waals surface area contributed by atoms with Gasteiger partial charge in [0.25, 0.3) is 0 Å². The van der Waals surface area contributed by atoms with Gasteiger partial charge in [-0.2, -0.15) is 0 Å². The fourth-order valence-corrected chi connectivity index (χ4v) is 1.06. The fourth-order valence-electron chi connectivity index (χ4n) is 1.06. The third-order valence-corrected chi connectivity index (χ3v) is 1.48. The predicted octanol–water partition coefficient (Wildman–Crippen LogP) is 1.76. The van der Waals surface area contributed by atoms with Crippen LogP contribution >= 0.6 is 0 Å². The van der Waals surface area contributed by atoms with Crippen molar-refractivity contribution in [1.29, 1.82) is 0 Å². The van der Waals surface area contributed by atoms with E-state index in [0.29, 0.717) is 5.76 Å². The van der Waals surface area contributed by atoms with Crippen molar-refractivity contribution in [3.8, 4) is 0 Å². The summed E-state index contributed by atoms with van der Waals surface area (Å²) in [7, 11) is 0. The Morgan fingerprint density at radius 1 is 1.50 bits per heavy atom. The molecule has 0 radical (unpaired) electrons. The molecule has 0 aliphatic heterocycles. The normalized spacial score (nSPS) is 12.0. The molecule has 1 rings (SSSR count). The minimum Gasteiger partial charge on any atom is -0.388 e. The Bertz CT molecular complexity index is 247. The Kier molecular flexibility index (Phi) is 2.52. The second-order valence-corrected chi connectivity index (χ2v) is 4.18. The summed E-state index contributed by atoms with van der Waals surface area (Å²) < 4.78 is 4.86. The molecule has 1 N–H and O–H groups in total. The molecule has 68 valence electrons. The summed E-state index contributed by atoms with van der Waals surface area (Å²) in [4.78, 5) is 0. The first-order chi connectivity index (χ1) is 5.51. The topological polar surface area (TPSA) is 46.3 Å². The summed E-state index contributed by atoms with van der Waals surface area (Å²) in [6, 6.07) is 1.80. The van der Waals surface area contributed by atoms with E-state index in [1.165, 1.54) is 0 Å². The zero-order chi connectivity index (χ0) is 9.19. The highest BCUT2D eigenvalue weighted by Gasteiger charge is 2.14. The molecule has 1 aromatic heterocycles. The van der Waals surface area contributed by atoms with Crippen LogP contribution in [0.3, 0.4) is 0 Å². The SMILES string of the molecule is CC(C)(C)Cc1cc(CO)on1. The highest BCUT2D eigenvalue weighted by molar-refractivity contribution is 5.05. The van der Waals surface area contributed by atoms with Crippen molar-refractivity contribution in [3.05, 3.63) is 17.5 Å². The average Bonchev–Trinajstić information content (AvgIpc) is 2.32. The van der Waals surface area contributed by atoms with Gasteiger partial charge in [-0.3, -0.25) is 0 Å². The van der Waals surface area contributed by atoms with Gasteiger partial charge in [-0.25, -0.2) is 0 Å². The molecule has 1 aromatic rings. The van der Waals surface area contributed by atoms with E-state index < -0.39 is 0 Å². The van der Waals surface area contributed by atoms with Crippen molar-refractivity contribution in [2.75, 3.05) is 0 Å². The van der Waals surface area contributed by atoms with Gasteiger partial charge in [-0.1, -0.05) is 25.9 Å². The number of hydrogen-bond donors (Lipinski definition) is 1. The maximum atomic E-state index is 8.72. The van der Waals surface area contributed by atoms with Crippen LogP contribution in [0.15, 0.2) is 10.6 Å². The molecule has 3 nitrogen and oxygen atoms in total. The van der Waals surface area contributed by atoms with Crippen LogP contribution in [0, 0.1) is 5.41 Å². The summed E-state index contributed by atoms with van der Waals surface area (Å²) >= 11 is 0. The van der Waals surface area contributed by atoms with E-state index in [1.807, 2.05) is 0 Å². The zero-order valence-electron chi connectivity index (χ0n) is 7.79. The quantitative estimate of drug-likeness (QED) is 0.733. The smallest absolute Gasteiger partial charge is 0.162 e. The van der Waals surface area contributed by atoms with Gasteiger partial charge >= 0.3 is 0 Å². The molecule has 0 amide bonds. The largest absolute Gasteiger partial charge is 0.388 e. The van der Waals surface area contributed by atoms with Crippen molar-refractivity contribution in [2.45, 2.75) is 33.8 Å². The van der Waals surface area contributed by atoms with Gasteiger partial charge in [0.1, 0.15) is 6.61 Å². The molecule has 0 bridgehead atoms. The standard InChI is InChI=1S/C9H15NO2/c1-9(2,3)5-7-4-8(6-11)12-10-7/h4,11H,5-6H2,1-3H3. The minimum atomic E-state index is -0.0723. The molecule has 1 heterocycles. The van der Waals surface area contributed by atoms with Crippen molar-refractivity contribution < 1.29 is 9.63 Å². The Labute approximate surface area is 72.4 Å². The van der Waals surface area contributed by atoms with Crippen molar-refractivity contribution >= 4 is 0 Å². The van der Waals surface area contributed by atoms with Crippen molar-refractivity contribution in [2.24, 2.45) is 5.41 Å². The molecule has 0 unspecified atom stereocenters. The molecule has 0 aromatic carbocycles. The van der Waals surface area contributed by atoms with E-state index in [-0.39, 0.29) is 12.0 Å². The summed E-state index contributed by atoms with van der Waals surface area (Å²) in [5, 5.41) is 12.6. The van der Waals surface area contributed by atoms with E-state index in [0.717, 1.165) is 12.1 Å². The van der Waals surface area contributed by atoms with Crippen molar-refractivity contribution in [1.82, 2.24) is 5.16 Å². The van der Waals surface area contributed by atoms with Gasteiger partial charge in [0.15, 0.2) is 5.76 Å². The molecule has 0 fully saturated rings. The molecule has 0 aliphatic carbocycles. The molecular weight excluding hydrogens is 154 g/mol. The molecule has 0 aliphatic rings. The highest BCUT2D eigenvalue weighted by atomic mass is 16.5. The van der Waals surface area contributed by atoms with Crippen LogP contribution in [-0.4, -0.2) is 10.3 Å². The van der Waals surface area contributed by atoms with E-state index in [1.54, 1.807) is 6.07 Å². The lowest BCUT2D eigenvalue weighted by Crippen LogP contribution is -2.09. The minimum absolute atomic E-state index is 0.0723. The Hall–Kier alpha value is -0.830. The van der Waals surface area contributed by atoms with Crippen LogP contribution in [0.5, 0.6) is 0 Å². The van der Waals surface area contributed by atoms with Crippen LogP contribution in [0.2, 0.25) is 0 Å². The summed E-state index contributed by atoms with van der Waals surface area (Å²) in [6.07, 6.45) is 0.872. The Balaban J connectivity index is 2.64. The monoisotopic (exact) mass is 169 g/mol. The maximum absolute atomic E-state index is 8.72. The van der Waals surface area contributed by atoms with Gasteiger partial charge in [0.2, 0.25) is 0 Å². The molecule has 0 atom stereocenters. The zero-order valence-corrected chi connectivity index (χ0v) is 7.79. The number of nitrogens with zero attached hydrogens (tertiary/aromatic N) is 1.